The molecular weight excluding hydrogens is 262 g/mol. The molecule has 116 valence electrons. The van der Waals surface area contributed by atoms with Gasteiger partial charge in [0, 0.05) is 6.04 Å². The third kappa shape index (κ3) is 7.60. The van der Waals surface area contributed by atoms with Crippen molar-refractivity contribution in [1.82, 2.24) is 10.6 Å². The Labute approximate surface area is 119 Å². The molecule has 3 amide bonds. The van der Waals surface area contributed by atoms with E-state index in [0.29, 0.717) is 6.42 Å². The van der Waals surface area contributed by atoms with Crippen LogP contribution in [-0.2, 0) is 9.59 Å². The number of carboxylic acid groups (broad SMARTS) is 1. The van der Waals surface area contributed by atoms with Crippen molar-refractivity contribution < 1.29 is 19.5 Å². The van der Waals surface area contributed by atoms with E-state index in [1.54, 1.807) is 0 Å². The molecule has 0 saturated carbocycles. The predicted octanol–water partition coefficient (Wildman–Crippen LogP) is 0.829. The number of nitrogens with two attached hydrogens (primary N) is 1. The number of amides is 3. The van der Waals surface area contributed by atoms with Gasteiger partial charge in [-0.3, -0.25) is 9.59 Å². The van der Waals surface area contributed by atoms with Crippen LogP contribution >= 0.6 is 0 Å². The first kappa shape index (κ1) is 18.2. The zero-order valence-electron chi connectivity index (χ0n) is 12.7. The van der Waals surface area contributed by atoms with Crippen molar-refractivity contribution in [1.29, 1.82) is 0 Å². The number of hydrogen-bond donors (Lipinski definition) is 4. The highest BCUT2D eigenvalue weighted by Crippen LogP contribution is 2.22. The number of rotatable bonds is 6. The fourth-order valence-corrected chi connectivity index (χ4v) is 1.69. The summed E-state index contributed by atoms with van der Waals surface area (Å²) in [5.41, 5.74) is 3.83. The second kappa shape index (κ2) is 6.58. The summed E-state index contributed by atoms with van der Waals surface area (Å²) in [5, 5.41) is 13.9. The summed E-state index contributed by atoms with van der Waals surface area (Å²) in [6.45, 7) is 8.81. The van der Waals surface area contributed by atoms with E-state index >= 15 is 0 Å². The molecule has 0 heterocycles. The van der Waals surface area contributed by atoms with E-state index in [2.05, 4.69) is 10.6 Å². The van der Waals surface area contributed by atoms with Gasteiger partial charge in [-0.15, -0.1) is 0 Å². The number of primary amides is 1. The van der Waals surface area contributed by atoms with Crippen molar-refractivity contribution in [3.63, 3.8) is 0 Å². The number of aliphatic carboxylic acids is 1. The highest BCUT2D eigenvalue weighted by atomic mass is 16.4. The van der Waals surface area contributed by atoms with Crippen molar-refractivity contribution >= 4 is 17.9 Å². The van der Waals surface area contributed by atoms with Crippen molar-refractivity contribution in [3.05, 3.63) is 0 Å². The minimum Gasteiger partial charge on any atom is -0.481 e. The van der Waals surface area contributed by atoms with E-state index in [1.807, 2.05) is 20.8 Å². The van der Waals surface area contributed by atoms with Gasteiger partial charge in [0.05, 0.1) is 6.42 Å². The Kier molecular flexibility index (Phi) is 5.99. The van der Waals surface area contributed by atoms with Crippen LogP contribution in [-0.4, -0.2) is 34.6 Å². The molecule has 0 aliphatic rings. The molecule has 0 radical (unpaired) electrons. The van der Waals surface area contributed by atoms with Gasteiger partial charge in [0.2, 0.25) is 5.91 Å². The summed E-state index contributed by atoms with van der Waals surface area (Å²) in [4.78, 5) is 33.8. The first-order valence-electron chi connectivity index (χ1n) is 6.44. The minimum absolute atomic E-state index is 0.132. The second-order valence-electron chi connectivity index (χ2n) is 6.65. The van der Waals surface area contributed by atoms with Crippen molar-refractivity contribution in [2.45, 2.75) is 59.0 Å². The maximum atomic E-state index is 11.8. The quantitative estimate of drug-likeness (QED) is 0.578. The van der Waals surface area contributed by atoms with Crippen LogP contribution in [0.3, 0.4) is 0 Å². The molecule has 1 atom stereocenters. The molecule has 0 aliphatic heterocycles. The van der Waals surface area contributed by atoms with E-state index in [9.17, 15) is 14.4 Å². The maximum absolute atomic E-state index is 11.8. The Morgan fingerprint density at radius 3 is 2.00 bits per heavy atom. The van der Waals surface area contributed by atoms with Crippen LogP contribution in [0, 0.1) is 5.41 Å². The number of carboxylic acids is 1. The smallest absolute Gasteiger partial charge is 0.315 e. The highest BCUT2D eigenvalue weighted by Gasteiger charge is 2.29. The maximum Gasteiger partial charge on any atom is 0.315 e. The fourth-order valence-electron chi connectivity index (χ4n) is 1.69. The SMILES string of the molecule is CC(C)(C)CC(CC(=O)O)NC(=O)NC(C)(C)C(N)=O. The Hall–Kier alpha value is -1.79. The third-order valence-electron chi connectivity index (χ3n) is 2.66. The molecule has 0 aromatic carbocycles. The van der Waals surface area contributed by atoms with Crippen LogP contribution < -0.4 is 16.4 Å². The van der Waals surface area contributed by atoms with Crippen LogP contribution in [0.5, 0.6) is 0 Å². The first-order valence-corrected chi connectivity index (χ1v) is 6.44. The largest absolute Gasteiger partial charge is 0.481 e. The molecule has 7 nitrogen and oxygen atoms in total. The van der Waals surface area contributed by atoms with Gasteiger partial charge in [-0.1, -0.05) is 20.8 Å². The van der Waals surface area contributed by atoms with Gasteiger partial charge in [-0.05, 0) is 25.7 Å². The molecule has 0 aromatic heterocycles. The standard InChI is InChI=1S/C13H25N3O4/c1-12(2,3)7-8(6-9(17)18)15-11(20)16-13(4,5)10(14)19/h8H,6-7H2,1-5H3,(H2,14,19)(H,17,18)(H2,15,16,20). The van der Waals surface area contributed by atoms with Crippen molar-refractivity contribution in [3.8, 4) is 0 Å². The highest BCUT2D eigenvalue weighted by molar-refractivity contribution is 5.89. The number of carbonyl (C=O) groups is 3. The molecule has 0 aliphatic carbocycles. The van der Waals surface area contributed by atoms with Gasteiger partial charge < -0.3 is 21.5 Å². The molecule has 20 heavy (non-hydrogen) atoms. The Balaban J connectivity index is 4.69. The molecule has 7 heteroatoms. The van der Waals surface area contributed by atoms with E-state index < -0.39 is 29.5 Å². The summed E-state index contributed by atoms with van der Waals surface area (Å²) in [6, 6.07) is -1.12. The number of urea groups is 1. The zero-order valence-corrected chi connectivity index (χ0v) is 12.7. The van der Waals surface area contributed by atoms with Gasteiger partial charge >= 0.3 is 12.0 Å². The molecule has 0 aromatic rings. The van der Waals surface area contributed by atoms with Crippen LogP contribution in [0.1, 0.15) is 47.5 Å². The molecule has 0 spiro atoms. The number of nitrogens with one attached hydrogen (secondary N) is 2. The fraction of sp³-hybridized carbons (Fsp3) is 0.769. The van der Waals surface area contributed by atoms with Crippen molar-refractivity contribution in [2.24, 2.45) is 11.1 Å². The summed E-state index contributed by atoms with van der Waals surface area (Å²) in [5.74, 6) is -1.66. The molecule has 0 rings (SSSR count). The van der Waals surface area contributed by atoms with Crippen LogP contribution in [0.15, 0.2) is 0 Å². The average molecular weight is 287 g/mol. The molecule has 1 unspecified atom stereocenters. The summed E-state index contributed by atoms with van der Waals surface area (Å²) in [7, 11) is 0. The van der Waals surface area contributed by atoms with Gasteiger partial charge in [-0.2, -0.15) is 0 Å². The molecule has 5 N–H and O–H groups in total. The molecule has 0 saturated heterocycles. The normalized spacial score (nSPS) is 13.4. The Morgan fingerprint density at radius 2 is 1.65 bits per heavy atom. The van der Waals surface area contributed by atoms with Gasteiger partial charge in [0.25, 0.3) is 0 Å². The Bertz CT molecular complexity index is 386. The van der Waals surface area contributed by atoms with Crippen molar-refractivity contribution in [2.75, 3.05) is 0 Å². The third-order valence-corrected chi connectivity index (χ3v) is 2.66. The summed E-state index contributed by atoms with van der Waals surface area (Å²) < 4.78 is 0. The van der Waals surface area contributed by atoms with Crippen LogP contribution in [0.25, 0.3) is 0 Å². The second-order valence-corrected chi connectivity index (χ2v) is 6.65. The summed E-state index contributed by atoms with van der Waals surface area (Å²) in [6.07, 6.45) is 0.325. The monoisotopic (exact) mass is 287 g/mol. The van der Waals surface area contributed by atoms with Crippen LogP contribution in [0.4, 0.5) is 4.79 Å². The van der Waals surface area contributed by atoms with E-state index in [1.165, 1.54) is 13.8 Å². The van der Waals surface area contributed by atoms with Gasteiger partial charge in [0.1, 0.15) is 5.54 Å². The lowest BCUT2D eigenvalue weighted by molar-refractivity contribution is -0.137. The van der Waals surface area contributed by atoms with E-state index in [-0.39, 0.29) is 11.8 Å². The molecule has 0 fully saturated rings. The number of carbonyl (C=O) groups excluding carboxylic acids is 2. The van der Waals surface area contributed by atoms with E-state index in [4.69, 9.17) is 10.8 Å². The average Bonchev–Trinajstić information content (AvgIpc) is 2.10. The number of hydrogen-bond acceptors (Lipinski definition) is 3. The predicted molar refractivity (Wildman–Crippen MR) is 75.1 cm³/mol. The lowest BCUT2D eigenvalue weighted by Gasteiger charge is -2.28. The minimum atomic E-state index is -1.19. The first-order chi connectivity index (χ1) is 8.83. The van der Waals surface area contributed by atoms with Gasteiger partial charge in [0.15, 0.2) is 0 Å². The molecular formula is C13H25N3O4. The van der Waals surface area contributed by atoms with Gasteiger partial charge in [-0.25, -0.2) is 4.79 Å². The summed E-state index contributed by atoms with van der Waals surface area (Å²) >= 11 is 0. The lowest BCUT2D eigenvalue weighted by Crippen LogP contribution is -2.57. The zero-order chi connectivity index (χ0) is 16.1. The van der Waals surface area contributed by atoms with Crippen LogP contribution in [0.2, 0.25) is 0 Å². The Morgan fingerprint density at radius 1 is 1.15 bits per heavy atom. The molecule has 0 bridgehead atoms. The van der Waals surface area contributed by atoms with E-state index in [0.717, 1.165) is 0 Å². The lowest BCUT2D eigenvalue weighted by atomic mass is 9.87. The topological polar surface area (TPSA) is 122 Å².